The number of hydrogen-bond donors (Lipinski definition) is 3. The predicted octanol–water partition coefficient (Wildman–Crippen LogP) is 4.00. The molecule has 2 aromatic rings. The van der Waals surface area contributed by atoms with E-state index in [9.17, 15) is 23.5 Å². The lowest BCUT2D eigenvalue weighted by atomic mass is 9.72. The molecule has 198 valence electrons. The largest absolute Gasteiger partial charge is 0.573 e. The SMILES string of the molecule is CN(CCO)C1[C@@H]2CC3C[C@H]1CC3(CNc1nc(NCc3ccccc3OC(F)(F)F)ncc1C#N)C2. The van der Waals surface area contributed by atoms with Gasteiger partial charge >= 0.3 is 6.36 Å². The smallest absolute Gasteiger partial charge is 0.405 e. The average Bonchev–Trinajstić information content (AvgIpc) is 3.28. The highest BCUT2D eigenvalue weighted by Crippen LogP contribution is 2.66. The average molecular weight is 517 g/mol. The molecule has 0 radical (unpaired) electrons. The van der Waals surface area contributed by atoms with E-state index in [4.69, 9.17) is 0 Å². The number of aromatic nitrogens is 2. The summed E-state index contributed by atoms with van der Waals surface area (Å²) in [6.45, 7) is 1.61. The number of aliphatic hydroxyl groups excluding tert-OH is 1. The molecule has 0 amide bonds. The second-order valence-corrected chi connectivity index (χ2v) is 10.6. The number of alkyl halides is 3. The number of anilines is 2. The van der Waals surface area contributed by atoms with E-state index < -0.39 is 6.36 Å². The van der Waals surface area contributed by atoms with Crippen LogP contribution in [-0.2, 0) is 6.54 Å². The molecule has 6 rings (SSSR count). The Hall–Kier alpha value is -3.10. The maximum Gasteiger partial charge on any atom is 0.573 e. The quantitative estimate of drug-likeness (QED) is 0.435. The van der Waals surface area contributed by atoms with Crippen molar-refractivity contribution in [2.24, 2.45) is 23.2 Å². The number of aliphatic hydroxyl groups is 1. The van der Waals surface area contributed by atoms with Crippen molar-refractivity contribution in [3.8, 4) is 11.8 Å². The van der Waals surface area contributed by atoms with Gasteiger partial charge in [-0.15, -0.1) is 13.2 Å². The number of benzene rings is 1. The standard InChI is InChI=1S/C26H31F3N6O2/c1-35(6-7-36)22-17-8-20-9-18(22)11-25(20,10-17)15-33-23-19(12-30)14-32-24(34-23)31-13-16-4-2-3-5-21(16)37-26(27,28)29/h2-5,14,17-18,20,22,36H,6-11,13,15H2,1H3,(H2,31,32,33,34)/t17-,18+,20?,22?,25?. The van der Waals surface area contributed by atoms with Crippen LogP contribution in [0.1, 0.15) is 36.8 Å². The first-order valence-corrected chi connectivity index (χ1v) is 12.6. The van der Waals surface area contributed by atoms with E-state index in [0.29, 0.717) is 53.8 Å². The van der Waals surface area contributed by atoms with Crippen LogP contribution in [0.3, 0.4) is 0 Å². The number of nitrogens with zero attached hydrogens (tertiary/aromatic N) is 4. The topological polar surface area (TPSA) is 106 Å². The molecule has 4 aliphatic rings. The van der Waals surface area contributed by atoms with Gasteiger partial charge < -0.3 is 25.4 Å². The Morgan fingerprint density at radius 2 is 1.95 bits per heavy atom. The summed E-state index contributed by atoms with van der Waals surface area (Å²) < 4.78 is 42.3. The van der Waals surface area contributed by atoms with Gasteiger partial charge in [-0.05, 0) is 62.0 Å². The molecule has 8 nitrogen and oxygen atoms in total. The lowest BCUT2D eigenvalue weighted by Crippen LogP contribution is -2.47. The maximum atomic E-state index is 12.7. The van der Waals surface area contributed by atoms with Crippen LogP contribution >= 0.6 is 0 Å². The molecule has 1 aromatic heterocycles. The molecule has 3 unspecified atom stereocenters. The second-order valence-electron chi connectivity index (χ2n) is 10.6. The summed E-state index contributed by atoms with van der Waals surface area (Å²) in [6, 6.07) is 8.54. The van der Waals surface area contributed by atoms with Crippen LogP contribution in [0.25, 0.3) is 0 Å². The first kappa shape index (κ1) is 25.5. The minimum absolute atomic E-state index is 0.0235. The van der Waals surface area contributed by atoms with Gasteiger partial charge in [-0.25, -0.2) is 4.98 Å². The number of nitrogens with one attached hydrogen (secondary N) is 2. The second kappa shape index (κ2) is 9.99. The highest BCUT2D eigenvalue weighted by molar-refractivity contribution is 5.54. The zero-order valence-corrected chi connectivity index (χ0v) is 20.6. The van der Waals surface area contributed by atoms with Crippen LogP contribution in [0.5, 0.6) is 5.75 Å². The van der Waals surface area contributed by atoms with Gasteiger partial charge in [0, 0.05) is 31.2 Å². The van der Waals surface area contributed by atoms with E-state index in [0.717, 1.165) is 12.8 Å². The van der Waals surface area contributed by atoms with Gasteiger partial charge in [-0.2, -0.15) is 10.2 Å². The van der Waals surface area contributed by atoms with Crippen LogP contribution in [0.15, 0.2) is 30.5 Å². The molecule has 1 heterocycles. The molecule has 5 atom stereocenters. The van der Waals surface area contributed by atoms with E-state index in [1.165, 1.54) is 37.2 Å². The fourth-order valence-electron chi connectivity index (χ4n) is 7.17. The molecule has 4 bridgehead atoms. The third-order valence-electron chi connectivity index (χ3n) is 8.46. The Kier molecular flexibility index (Phi) is 6.89. The van der Waals surface area contributed by atoms with Gasteiger partial charge in [0.25, 0.3) is 0 Å². The van der Waals surface area contributed by atoms with Crippen LogP contribution in [0, 0.1) is 34.5 Å². The van der Waals surface area contributed by atoms with Crippen molar-refractivity contribution in [2.45, 2.75) is 44.6 Å². The van der Waals surface area contributed by atoms with Gasteiger partial charge in [-0.3, -0.25) is 0 Å². The number of rotatable bonds is 10. The van der Waals surface area contributed by atoms with Crippen molar-refractivity contribution < 1.29 is 23.0 Å². The number of hydrogen-bond acceptors (Lipinski definition) is 8. The normalized spacial score (nSPS) is 27.9. The molecule has 4 aliphatic carbocycles. The summed E-state index contributed by atoms with van der Waals surface area (Å²) in [5, 5.41) is 25.3. The molecular weight excluding hydrogens is 485 g/mol. The van der Waals surface area contributed by atoms with Crippen molar-refractivity contribution in [1.82, 2.24) is 14.9 Å². The molecule has 4 saturated carbocycles. The molecule has 11 heteroatoms. The molecule has 0 aliphatic heterocycles. The van der Waals surface area contributed by atoms with Crippen molar-refractivity contribution >= 4 is 11.8 Å². The van der Waals surface area contributed by atoms with Gasteiger partial charge in [0.1, 0.15) is 23.2 Å². The monoisotopic (exact) mass is 516 g/mol. The molecule has 37 heavy (non-hydrogen) atoms. The maximum absolute atomic E-state index is 12.7. The van der Waals surface area contributed by atoms with Gasteiger partial charge in [-0.1, -0.05) is 18.2 Å². The number of para-hydroxylation sites is 1. The highest BCUT2D eigenvalue weighted by atomic mass is 19.4. The summed E-state index contributed by atoms with van der Waals surface area (Å²) in [6.07, 6.45) is 1.26. The Morgan fingerprint density at radius 1 is 1.22 bits per heavy atom. The zero-order valence-electron chi connectivity index (χ0n) is 20.6. The van der Waals surface area contributed by atoms with E-state index in [-0.39, 0.29) is 30.3 Å². The molecule has 4 fully saturated rings. The first-order valence-electron chi connectivity index (χ1n) is 12.6. The Labute approximate surface area is 213 Å². The molecule has 0 saturated heterocycles. The highest BCUT2D eigenvalue weighted by Gasteiger charge is 2.61. The fraction of sp³-hybridized carbons (Fsp3) is 0.577. The number of nitriles is 1. The van der Waals surface area contributed by atoms with E-state index in [1.54, 1.807) is 6.07 Å². The summed E-state index contributed by atoms with van der Waals surface area (Å²) in [7, 11) is 2.11. The van der Waals surface area contributed by atoms with Crippen LogP contribution < -0.4 is 15.4 Å². The third-order valence-corrected chi connectivity index (χ3v) is 8.46. The minimum Gasteiger partial charge on any atom is -0.405 e. The Bertz CT molecular complexity index is 1150. The lowest BCUT2D eigenvalue weighted by Gasteiger charge is -2.43. The molecular formula is C26H31F3N6O2. The van der Waals surface area contributed by atoms with E-state index >= 15 is 0 Å². The minimum atomic E-state index is -4.79. The van der Waals surface area contributed by atoms with Gasteiger partial charge in [0.2, 0.25) is 5.95 Å². The molecule has 1 aromatic carbocycles. The van der Waals surface area contributed by atoms with Crippen molar-refractivity contribution in [2.75, 3.05) is 37.4 Å². The molecule has 0 spiro atoms. The summed E-state index contributed by atoms with van der Waals surface area (Å²) >= 11 is 0. The van der Waals surface area contributed by atoms with E-state index in [2.05, 4.69) is 43.4 Å². The van der Waals surface area contributed by atoms with Crippen LogP contribution in [0.2, 0.25) is 0 Å². The number of likely N-dealkylation sites (N-methyl/N-ethyl adjacent to an activating group) is 1. The van der Waals surface area contributed by atoms with Gasteiger partial charge in [0.15, 0.2) is 0 Å². The summed E-state index contributed by atoms with van der Waals surface area (Å²) in [5.41, 5.74) is 0.798. The first-order chi connectivity index (χ1) is 17.7. The van der Waals surface area contributed by atoms with E-state index in [1.807, 2.05) is 0 Å². The Morgan fingerprint density at radius 3 is 2.62 bits per heavy atom. The van der Waals surface area contributed by atoms with Crippen LogP contribution in [-0.4, -0.2) is 59.1 Å². The van der Waals surface area contributed by atoms with Crippen LogP contribution in [0.4, 0.5) is 24.9 Å². The fourth-order valence-corrected chi connectivity index (χ4v) is 7.17. The summed E-state index contributed by atoms with van der Waals surface area (Å²) in [5.74, 6) is 2.23. The summed E-state index contributed by atoms with van der Waals surface area (Å²) in [4.78, 5) is 11.0. The van der Waals surface area contributed by atoms with Crippen molar-refractivity contribution in [3.05, 3.63) is 41.6 Å². The third kappa shape index (κ3) is 5.18. The van der Waals surface area contributed by atoms with Gasteiger partial charge in [0.05, 0.1) is 12.8 Å². The molecule has 3 N–H and O–H groups in total. The van der Waals surface area contributed by atoms with Crippen molar-refractivity contribution in [1.29, 1.82) is 5.26 Å². The van der Waals surface area contributed by atoms with Crippen molar-refractivity contribution in [3.63, 3.8) is 0 Å². The number of halogens is 3. The zero-order chi connectivity index (χ0) is 26.2. The number of ether oxygens (including phenoxy) is 1. The lowest BCUT2D eigenvalue weighted by molar-refractivity contribution is -0.274. The predicted molar refractivity (Wildman–Crippen MR) is 131 cm³/mol. The Balaban J connectivity index is 1.25.